The van der Waals surface area contributed by atoms with Crippen molar-refractivity contribution >= 4 is 29.2 Å². The van der Waals surface area contributed by atoms with Gasteiger partial charge in [-0.1, -0.05) is 24.3 Å². The van der Waals surface area contributed by atoms with Gasteiger partial charge in [0.25, 0.3) is 0 Å². The third kappa shape index (κ3) is 6.63. The molecule has 0 bridgehead atoms. The number of para-hydroxylation sites is 1. The highest BCUT2D eigenvalue weighted by Crippen LogP contribution is 2.22. The molecule has 4 N–H and O–H groups in total. The predicted molar refractivity (Wildman–Crippen MR) is 106 cm³/mol. The van der Waals surface area contributed by atoms with Gasteiger partial charge in [0.05, 0.1) is 0 Å². The van der Waals surface area contributed by atoms with Crippen LogP contribution in [0.2, 0.25) is 0 Å². The number of aliphatic hydroxyl groups is 1. The summed E-state index contributed by atoms with van der Waals surface area (Å²) >= 11 is 0. The van der Waals surface area contributed by atoms with E-state index < -0.39 is 11.7 Å². The van der Waals surface area contributed by atoms with Gasteiger partial charge in [0.2, 0.25) is 0 Å². The topological polar surface area (TPSA) is 99.7 Å². The molecule has 0 fully saturated rings. The van der Waals surface area contributed by atoms with Crippen molar-refractivity contribution in [2.75, 3.05) is 22.6 Å². The molecule has 0 aliphatic carbocycles. The van der Waals surface area contributed by atoms with Gasteiger partial charge in [-0.3, -0.25) is 5.32 Å². The molecule has 2 rings (SSSR count). The molecule has 27 heavy (non-hydrogen) atoms. The first-order chi connectivity index (χ1) is 12.8. The summed E-state index contributed by atoms with van der Waals surface area (Å²) in [5, 5.41) is 17.1. The number of aryl methyl sites for hydroxylation is 1. The van der Waals surface area contributed by atoms with Crippen molar-refractivity contribution in [3.8, 4) is 0 Å². The van der Waals surface area contributed by atoms with Crippen LogP contribution in [0.4, 0.5) is 26.7 Å². The molecule has 0 saturated carbocycles. The van der Waals surface area contributed by atoms with Gasteiger partial charge in [-0.15, -0.1) is 0 Å². The highest BCUT2D eigenvalue weighted by atomic mass is 16.6. The van der Waals surface area contributed by atoms with Gasteiger partial charge >= 0.3 is 12.1 Å². The van der Waals surface area contributed by atoms with Crippen molar-refractivity contribution in [1.82, 2.24) is 0 Å². The van der Waals surface area contributed by atoms with Crippen molar-refractivity contribution in [3.63, 3.8) is 0 Å². The fourth-order valence-corrected chi connectivity index (χ4v) is 2.36. The maximum atomic E-state index is 12.1. The van der Waals surface area contributed by atoms with Crippen LogP contribution in [0.3, 0.4) is 0 Å². The second-order valence-corrected chi connectivity index (χ2v) is 6.72. The molecule has 0 aliphatic heterocycles. The Morgan fingerprint density at radius 2 is 1.67 bits per heavy atom. The molecule has 0 radical (unpaired) electrons. The van der Waals surface area contributed by atoms with Crippen LogP contribution in [-0.4, -0.2) is 29.4 Å². The molecular formula is C20H25N3O4. The van der Waals surface area contributed by atoms with E-state index in [2.05, 4.69) is 16.0 Å². The number of amides is 3. The Morgan fingerprint density at radius 1 is 1.00 bits per heavy atom. The normalized spacial score (nSPS) is 10.8. The van der Waals surface area contributed by atoms with E-state index in [1.54, 1.807) is 44.2 Å². The number of hydrogen-bond donors (Lipinski definition) is 4. The molecule has 0 unspecified atom stereocenters. The van der Waals surface area contributed by atoms with Crippen molar-refractivity contribution < 1.29 is 19.4 Å². The highest BCUT2D eigenvalue weighted by molar-refractivity contribution is 6.00. The molecule has 0 saturated heterocycles. The fraction of sp³-hybridized carbons (Fsp3) is 0.300. The van der Waals surface area contributed by atoms with Crippen molar-refractivity contribution in [3.05, 3.63) is 54.1 Å². The number of nitrogens with one attached hydrogen (secondary N) is 3. The molecular weight excluding hydrogens is 346 g/mol. The number of urea groups is 1. The average molecular weight is 371 g/mol. The number of rotatable bonds is 6. The van der Waals surface area contributed by atoms with Gasteiger partial charge in [0, 0.05) is 30.1 Å². The molecule has 7 nitrogen and oxygen atoms in total. The Kier molecular flexibility index (Phi) is 6.79. The first-order valence-corrected chi connectivity index (χ1v) is 8.63. The van der Waals surface area contributed by atoms with Crippen molar-refractivity contribution in [2.45, 2.75) is 32.8 Å². The Morgan fingerprint density at radius 3 is 2.33 bits per heavy atom. The minimum absolute atomic E-state index is 0.0742. The summed E-state index contributed by atoms with van der Waals surface area (Å²) < 4.78 is 5.33. The van der Waals surface area contributed by atoms with Crippen LogP contribution in [0.1, 0.15) is 25.8 Å². The van der Waals surface area contributed by atoms with E-state index in [9.17, 15) is 9.59 Å². The van der Waals surface area contributed by atoms with E-state index in [1.165, 1.54) is 0 Å². The second-order valence-electron chi connectivity index (χ2n) is 6.72. The van der Waals surface area contributed by atoms with E-state index in [1.807, 2.05) is 25.1 Å². The Bertz CT molecular complexity index is 791. The minimum Gasteiger partial charge on any atom is -0.443 e. The highest BCUT2D eigenvalue weighted by Gasteiger charge is 2.22. The van der Waals surface area contributed by atoms with Crippen LogP contribution in [0.5, 0.6) is 0 Å². The zero-order valence-electron chi connectivity index (χ0n) is 15.7. The molecule has 7 heteroatoms. The first-order valence-electron chi connectivity index (χ1n) is 8.63. The molecule has 0 spiro atoms. The van der Waals surface area contributed by atoms with E-state index in [4.69, 9.17) is 9.84 Å². The molecule has 0 aromatic heterocycles. The summed E-state index contributed by atoms with van der Waals surface area (Å²) in [6.07, 6.45) is -0.289. The summed E-state index contributed by atoms with van der Waals surface area (Å²) in [5.41, 5.74) is 1.77. The molecule has 0 atom stereocenters. The SMILES string of the molecule is Cc1ccc(NC(=O)Nc2ccccc2)cc1NC(=O)OC(C)(C)CCO. The lowest BCUT2D eigenvalue weighted by Crippen LogP contribution is -2.31. The molecule has 0 heterocycles. The van der Waals surface area contributed by atoms with Gasteiger partial charge in [-0.05, 0) is 50.6 Å². The lowest BCUT2D eigenvalue weighted by atomic mass is 10.1. The van der Waals surface area contributed by atoms with E-state index in [0.717, 1.165) is 5.56 Å². The average Bonchev–Trinajstić information content (AvgIpc) is 2.58. The molecule has 0 aliphatic rings. The largest absolute Gasteiger partial charge is 0.443 e. The lowest BCUT2D eigenvalue weighted by Gasteiger charge is -2.24. The summed E-state index contributed by atoms with van der Waals surface area (Å²) in [6.45, 7) is 5.21. The third-order valence-corrected chi connectivity index (χ3v) is 3.85. The number of ether oxygens (including phenoxy) is 1. The summed E-state index contributed by atoms with van der Waals surface area (Å²) in [5.74, 6) is 0. The first kappa shape index (κ1) is 20.3. The van der Waals surface area contributed by atoms with Crippen molar-refractivity contribution in [1.29, 1.82) is 0 Å². The summed E-state index contributed by atoms with van der Waals surface area (Å²) in [6, 6.07) is 13.9. The smallest absolute Gasteiger partial charge is 0.412 e. The van der Waals surface area contributed by atoms with Crippen LogP contribution in [0, 0.1) is 6.92 Å². The minimum atomic E-state index is -0.780. The third-order valence-electron chi connectivity index (χ3n) is 3.85. The van der Waals surface area contributed by atoms with Crippen LogP contribution < -0.4 is 16.0 Å². The standard InChI is InChI=1S/C20H25N3O4/c1-14-9-10-16(22-18(25)21-15-7-5-4-6-8-15)13-17(14)23-19(26)27-20(2,3)11-12-24/h4-10,13,24H,11-12H2,1-3H3,(H,23,26)(H2,21,22,25). The Balaban J connectivity index is 2.00. The second kappa shape index (κ2) is 9.05. The Hall–Kier alpha value is -3.06. The number of anilines is 3. The predicted octanol–water partition coefficient (Wildman–Crippen LogP) is 4.35. The monoisotopic (exact) mass is 371 g/mol. The maximum absolute atomic E-state index is 12.1. The zero-order valence-corrected chi connectivity index (χ0v) is 15.7. The Labute approximate surface area is 158 Å². The van der Waals surface area contributed by atoms with Crippen LogP contribution in [-0.2, 0) is 4.74 Å². The van der Waals surface area contributed by atoms with Gasteiger partial charge < -0.3 is 20.5 Å². The van der Waals surface area contributed by atoms with Gasteiger partial charge in [0.15, 0.2) is 0 Å². The van der Waals surface area contributed by atoms with E-state index >= 15 is 0 Å². The van der Waals surface area contributed by atoms with Crippen LogP contribution in [0.15, 0.2) is 48.5 Å². The van der Waals surface area contributed by atoms with Crippen molar-refractivity contribution in [2.24, 2.45) is 0 Å². The lowest BCUT2D eigenvalue weighted by molar-refractivity contribution is 0.0295. The van der Waals surface area contributed by atoms with E-state index in [0.29, 0.717) is 23.5 Å². The molecule has 2 aromatic rings. The van der Waals surface area contributed by atoms with Gasteiger partial charge in [-0.25, -0.2) is 9.59 Å². The molecule has 144 valence electrons. The zero-order chi connectivity index (χ0) is 19.9. The number of benzene rings is 2. The maximum Gasteiger partial charge on any atom is 0.412 e. The van der Waals surface area contributed by atoms with Gasteiger partial charge in [0.1, 0.15) is 5.60 Å². The van der Waals surface area contributed by atoms with E-state index in [-0.39, 0.29) is 12.6 Å². The molecule has 2 aromatic carbocycles. The number of carbonyl (C=O) groups excluding carboxylic acids is 2. The van der Waals surface area contributed by atoms with Gasteiger partial charge in [-0.2, -0.15) is 0 Å². The number of hydrogen-bond acceptors (Lipinski definition) is 4. The quantitative estimate of drug-likeness (QED) is 0.606. The summed E-state index contributed by atoms with van der Waals surface area (Å²) in [4.78, 5) is 24.2. The van der Waals surface area contributed by atoms with Crippen LogP contribution >= 0.6 is 0 Å². The summed E-state index contributed by atoms with van der Waals surface area (Å²) in [7, 11) is 0. The van der Waals surface area contributed by atoms with Crippen LogP contribution in [0.25, 0.3) is 0 Å². The number of aliphatic hydroxyl groups excluding tert-OH is 1. The molecule has 3 amide bonds. The fourth-order valence-electron chi connectivity index (χ4n) is 2.36. The number of carbonyl (C=O) groups is 2.